The van der Waals surface area contributed by atoms with Crippen molar-refractivity contribution in [3.8, 4) is 5.75 Å². The van der Waals surface area contributed by atoms with Gasteiger partial charge in [0.1, 0.15) is 5.75 Å². The number of hydrogen-bond acceptors (Lipinski definition) is 2. The van der Waals surface area contributed by atoms with E-state index in [1.54, 1.807) is 7.11 Å². The molecule has 1 heterocycles. The second kappa shape index (κ2) is 3.56. The molecule has 0 fully saturated rings. The normalized spacial score (nSPS) is 15.2. The third-order valence-corrected chi connectivity index (χ3v) is 2.70. The standard InChI is InChI=1S/C10H12ClNO/c1-13-8-4-7-6-12-3-2-9(7)10(11)5-8/h4-5,12H,2-3,6H2,1H3. The Morgan fingerprint density at radius 1 is 1.46 bits per heavy atom. The van der Waals surface area contributed by atoms with Gasteiger partial charge in [-0.2, -0.15) is 0 Å². The molecule has 0 spiro atoms. The van der Waals surface area contributed by atoms with Crippen LogP contribution in [0.2, 0.25) is 5.02 Å². The summed E-state index contributed by atoms with van der Waals surface area (Å²) in [4.78, 5) is 0. The third-order valence-electron chi connectivity index (χ3n) is 2.36. The summed E-state index contributed by atoms with van der Waals surface area (Å²) in [7, 11) is 1.66. The van der Waals surface area contributed by atoms with Crippen molar-refractivity contribution in [2.75, 3.05) is 13.7 Å². The van der Waals surface area contributed by atoms with Crippen LogP contribution in [0, 0.1) is 0 Å². The van der Waals surface area contributed by atoms with E-state index >= 15 is 0 Å². The summed E-state index contributed by atoms with van der Waals surface area (Å²) in [6, 6.07) is 3.93. The number of benzene rings is 1. The van der Waals surface area contributed by atoms with E-state index in [2.05, 4.69) is 5.32 Å². The van der Waals surface area contributed by atoms with E-state index < -0.39 is 0 Å². The molecule has 0 atom stereocenters. The molecule has 0 aromatic heterocycles. The van der Waals surface area contributed by atoms with Crippen molar-refractivity contribution in [1.82, 2.24) is 5.32 Å². The van der Waals surface area contributed by atoms with Gasteiger partial charge in [-0.05, 0) is 36.2 Å². The van der Waals surface area contributed by atoms with Gasteiger partial charge in [0.2, 0.25) is 0 Å². The van der Waals surface area contributed by atoms with E-state index in [-0.39, 0.29) is 0 Å². The van der Waals surface area contributed by atoms with Gasteiger partial charge in [0.25, 0.3) is 0 Å². The van der Waals surface area contributed by atoms with Gasteiger partial charge in [0, 0.05) is 11.6 Å². The summed E-state index contributed by atoms with van der Waals surface area (Å²) >= 11 is 6.12. The Hall–Kier alpha value is -0.730. The van der Waals surface area contributed by atoms with Gasteiger partial charge in [-0.3, -0.25) is 0 Å². The van der Waals surface area contributed by atoms with Gasteiger partial charge >= 0.3 is 0 Å². The van der Waals surface area contributed by atoms with Gasteiger partial charge in [-0.1, -0.05) is 11.6 Å². The minimum Gasteiger partial charge on any atom is -0.497 e. The number of ether oxygens (including phenoxy) is 1. The first-order valence-electron chi connectivity index (χ1n) is 4.37. The monoisotopic (exact) mass is 197 g/mol. The zero-order chi connectivity index (χ0) is 9.26. The maximum Gasteiger partial charge on any atom is 0.120 e. The van der Waals surface area contributed by atoms with Crippen LogP contribution >= 0.6 is 11.6 Å². The molecule has 0 unspecified atom stereocenters. The fourth-order valence-corrected chi connectivity index (χ4v) is 1.98. The number of methoxy groups -OCH3 is 1. The van der Waals surface area contributed by atoms with E-state index in [1.165, 1.54) is 11.1 Å². The number of fused-ring (bicyclic) bond motifs is 1. The van der Waals surface area contributed by atoms with Crippen LogP contribution in [-0.4, -0.2) is 13.7 Å². The minimum absolute atomic E-state index is 0.829. The molecule has 1 aromatic rings. The lowest BCUT2D eigenvalue weighted by Gasteiger charge is -2.19. The van der Waals surface area contributed by atoms with Crippen LogP contribution in [0.3, 0.4) is 0 Å². The average molecular weight is 198 g/mol. The van der Waals surface area contributed by atoms with Crippen molar-refractivity contribution < 1.29 is 4.74 Å². The maximum absolute atomic E-state index is 6.12. The highest BCUT2D eigenvalue weighted by atomic mass is 35.5. The predicted octanol–water partition coefficient (Wildman–Crippen LogP) is 1.99. The topological polar surface area (TPSA) is 21.3 Å². The number of halogens is 1. The van der Waals surface area contributed by atoms with Crippen molar-refractivity contribution in [2.24, 2.45) is 0 Å². The Kier molecular flexibility index (Phi) is 2.42. The van der Waals surface area contributed by atoms with Gasteiger partial charge in [0.15, 0.2) is 0 Å². The summed E-state index contributed by atoms with van der Waals surface area (Å²) in [5, 5.41) is 4.13. The predicted molar refractivity (Wildman–Crippen MR) is 53.4 cm³/mol. The molecule has 2 rings (SSSR count). The van der Waals surface area contributed by atoms with Gasteiger partial charge in [-0.25, -0.2) is 0 Å². The first-order valence-corrected chi connectivity index (χ1v) is 4.75. The van der Waals surface area contributed by atoms with Crippen LogP contribution in [0.4, 0.5) is 0 Å². The molecule has 0 saturated heterocycles. The summed E-state index contributed by atoms with van der Waals surface area (Å²) in [5.74, 6) is 0.840. The lowest BCUT2D eigenvalue weighted by atomic mass is 10.0. The molecule has 0 radical (unpaired) electrons. The van der Waals surface area contributed by atoms with Gasteiger partial charge in [-0.15, -0.1) is 0 Å². The fourth-order valence-electron chi connectivity index (χ4n) is 1.66. The van der Waals surface area contributed by atoms with E-state index in [9.17, 15) is 0 Å². The highest BCUT2D eigenvalue weighted by molar-refractivity contribution is 6.31. The Bertz CT molecular complexity index is 325. The second-order valence-corrected chi connectivity index (χ2v) is 3.58. The fraction of sp³-hybridized carbons (Fsp3) is 0.400. The molecule has 3 heteroatoms. The summed E-state index contributed by atoms with van der Waals surface area (Å²) < 4.78 is 5.15. The second-order valence-electron chi connectivity index (χ2n) is 3.17. The van der Waals surface area contributed by atoms with Crippen LogP contribution in [0.5, 0.6) is 5.75 Å². The third kappa shape index (κ3) is 1.64. The Morgan fingerprint density at radius 2 is 2.31 bits per heavy atom. The average Bonchev–Trinajstić information content (AvgIpc) is 2.18. The summed E-state index contributed by atoms with van der Waals surface area (Å²) in [5.41, 5.74) is 2.52. The molecule has 13 heavy (non-hydrogen) atoms. The number of nitrogens with one attached hydrogen (secondary N) is 1. The largest absolute Gasteiger partial charge is 0.497 e. The lowest BCUT2D eigenvalue weighted by molar-refractivity contribution is 0.413. The van der Waals surface area contributed by atoms with Gasteiger partial charge in [0.05, 0.1) is 7.11 Å². The Balaban J connectivity index is 2.47. The highest BCUT2D eigenvalue weighted by Gasteiger charge is 2.13. The molecular weight excluding hydrogens is 186 g/mol. The summed E-state index contributed by atoms with van der Waals surface area (Å²) in [6.45, 7) is 1.91. The quantitative estimate of drug-likeness (QED) is 0.744. The molecule has 70 valence electrons. The number of hydrogen-bond donors (Lipinski definition) is 1. The van der Waals surface area contributed by atoms with E-state index in [0.29, 0.717) is 0 Å². The van der Waals surface area contributed by atoms with Crippen molar-refractivity contribution in [2.45, 2.75) is 13.0 Å². The molecule has 0 saturated carbocycles. The molecule has 2 nitrogen and oxygen atoms in total. The molecule has 0 bridgehead atoms. The minimum atomic E-state index is 0.829. The van der Waals surface area contributed by atoms with Crippen molar-refractivity contribution in [1.29, 1.82) is 0 Å². The van der Waals surface area contributed by atoms with Gasteiger partial charge < -0.3 is 10.1 Å². The summed E-state index contributed by atoms with van der Waals surface area (Å²) in [6.07, 6.45) is 1.01. The number of rotatable bonds is 1. The zero-order valence-electron chi connectivity index (χ0n) is 7.56. The van der Waals surface area contributed by atoms with E-state index in [0.717, 1.165) is 30.3 Å². The molecular formula is C10H12ClNO. The van der Waals surface area contributed by atoms with Crippen LogP contribution in [0.15, 0.2) is 12.1 Å². The Labute approximate surface area is 82.9 Å². The van der Waals surface area contributed by atoms with Crippen molar-refractivity contribution >= 4 is 11.6 Å². The van der Waals surface area contributed by atoms with Crippen LogP contribution in [0.1, 0.15) is 11.1 Å². The zero-order valence-corrected chi connectivity index (χ0v) is 8.32. The maximum atomic E-state index is 6.12. The van der Waals surface area contributed by atoms with Crippen molar-refractivity contribution in [3.05, 3.63) is 28.3 Å². The van der Waals surface area contributed by atoms with Crippen LogP contribution in [0.25, 0.3) is 0 Å². The van der Waals surface area contributed by atoms with Crippen molar-refractivity contribution in [3.63, 3.8) is 0 Å². The highest BCUT2D eigenvalue weighted by Crippen LogP contribution is 2.28. The lowest BCUT2D eigenvalue weighted by Crippen LogP contribution is -2.23. The molecule has 0 amide bonds. The van der Waals surface area contributed by atoms with E-state index in [1.807, 2.05) is 12.1 Å². The SMILES string of the molecule is COc1cc(Cl)c2c(c1)CNCC2. The first kappa shape index (κ1) is 8.85. The smallest absolute Gasteiger partial charge is 0.120 e. The molecule has 0 aliphatic carbocycles. The van der Waals surface area contributed by atoms with Crippen LogP contribution in [-0.2, 0) is 13.0 Å². The Morgan fingerprint density at radius 3 is 3.08 bits per heavy atom. The van der Waals surface area contributed by atoms with E-state index in [4.69, 9.17) is 16.3 Å². The molecule has 1 aliphatic rings. The van der Waals surface area contributed by atoms with Crippen LogP contribution < -0.4 is 10.1 Å². The molecule has 1 aromatic carbocycles. The molecule has 1 N–H and O–H groups in total. The first-order chi connectivity index (χ1) is 6.31. The molecule has 1 aliphatic heterocycles.